The first kappa shape index (κ1) is 15.6. The lowest BCUT2D eigenvalue weighted by atomic mass is 9.85. The molecule has 2 rings (SSSR count). The summed E-state index contributed by atoms with van der Waals surface area (Å²) in [6.07, 6.45) is 0.120. The van der Waals surface area contributed by atoms with E-state index in [0.29, 0.717) is 18.5 Å². The van der Waals surface area contributed by atoms with Gasteiger partial charge in [0.05, 0.1) is 5.92 Å². The van der Waals surface area contributed by atoms with Gasteiger partial charge in [0.2, 0.25) is 0 Å². The van der Waals surface area contributed by atoms with Crippen molar-refractivity contribution in [1.29, 1.82) is 0 Å². The van der Waals surface area contributed by atoms with E-state index in [-0.39, 0.29) is 12.8 Å². The average molecular weight is 301 g/mol. The second-order valence-corrected chi connectivity index (χ2v) is 5.39. The second kappa shape index (κ2) is 6.32. The summed E-state index contributed by atoms with van der Waals surface area (Å²) >= 11 is 0. The molecule has 0 aromatic carbocycles. The highest BCUT2D eigenvalue weighted by atomic mass is 19.4. The smallest absolute Gasteiger partial charge is 0.335 e. The summed E-state index contributed by atoms with van der Waals surface area (Å²) in [6.45, 7) is 1.79. The number of hydrogen-bond donors (Lipinski definition) is 2. The number of urea groups is 1. The molecule has 116 valence electrons. The summed E-state index contributed by atoms with van der Waals surface area (Å²) in [4.78, 5) is 15.8. The van der Waals surface area contributed by atoms with Gasteiger partial charge in [0.1, 0.15) is 0 Å². The molecule has 0 aliphatic heterocycles. The Kier molecular flexibility index (Phi) is 4.69. The lowest BCUT2D eigenvalue weighted by Crippen LogP contribution is -2.43. The minimum atomic E-state index is -4.18. The fourth-order valence-corrected chi connectivity index (χ4v) is 2.58. The van der Waals surface area contributed by atoms with Crippen molar-refractivity contribution in [3.63, 3.8) is 0 Å². The summed E-state index contributed by atoms with van der Waals surface area (Å²) in [7, 11) is 0. The van der Waals surface area contributed by atoms with Crippen molar-refractivity contribution in [2.24, 2.45) is 5.92 Å². The Bertz CT molecular complexity index is 504. The first-order valence-corrected chi connectivity index (χ1v) is 6.91. The van der Waals surface area contributed by atoms with Crippen molar-refractivity contribution in [3.05, 3.63) is 24.0 Å². The maximum Gasteiger partial charge on any atom is 0.391 e. The van der Waals surface area contributed by atoms with Crippen molar-refractivity contribution in [3.8, 4) is 0 Å². The van der Waals surface area contributed by atoms with Gasteiger partial charge in [0.25, 0.3) is 0 Å². The van der Waals surface area contributed by atoms with Gasteiger partial charge in [0, 0.05) is 24.1 Å². The molecule has 1 aliphatic carbocycles. The molecule has 1 saturated carbocycles. The lowest BCUT2D eigenvalue weighted by Gasteiger charge is -2.31. The summed E-state index contributed by atoms with van der Waals surface area (Å²) in [5.41, 5.74) is 1.40. The fraction of sp³-hybridized carbons (Fsp3) is 0.571. The van der Waals surface area contributed by atoms with E-state index < -0.39 is 24.2 Å². The SMILES string of the molecule is Cc1cnccc1NC(=O)N[C@@H]1CCC[C@@H](C(F)(F)F)C1. The molecule has 1 fully saturated rings. The highest BCUT2D eigenvalue weighted by molar-refractivity contribution is 5.90. The number of aromatic nitrogens is 1. The largest absolute Gasteiger partial charge is 0.391 e. The van der Waals surface area contributed by atoms with Crippen LogP contribution < -0.4 is 10.6 Å². The zero-order chi connectivity index (χ0) is 15.5. The van der Waals surface area contributed by atoms with Gasteiger partial charge in [-0.3, -0.25) is 4.98 Å². The zero-order valence-corrected chi connectivity index (χ0v) is 11.7. The zero-order valence-electron chi connectivity index (χ0n) is 11.7. The van der Waals surface area contributed by atoms with E-state index in [1.54, 1.807) is 25.4 Å². The predicted octanol–water partition coefficient (Wildman–Crippen LogP) is 3.63. The summed E-state index contributed by atoms with van der Waals surface area (Å²) < 4.78 is 38.1. The van der Waals surface area contributed by atoms with Crippen LogP contribution in [0.2, 0.25) is 0 Å². The van der Waals surface area contributed by atoms with E-state index in [9.17, 15) is 18.0 Å². The van der Waals surface area contributed by atoms with Crippen LogP contribution in [0.4, 0.5) is 23.7 Å². The summed E-state index contributed by atoms with van der Waals surface area (Å²) in [5.74, 6) is -1.32. The standard InChI is InChI=1S/C14H18F3N3O/c1-9-8-18-6-5-12(9)20-13(21)19-11-4-2-3-10(7-11)14(15,16)17/h5-6,8,10-11H,2-4,7H2,1H3,(H2,18,19,20,21)/t10-,11-/m1/s1. The molecule has 0 bridgehead atoms. The number of anilines is 1. The van der Waals surface area contributed by atoms with Crippen molar-refractivity contribution in [2.45, 2.75) is 44.8 Å². The molecule has 1 aromatic rings. The Hall–Kier alpha value is -1.79. The maximum absolute atomic E-state index is 12.7. The number of rotatable bonds is 2. The number of halogens is 3. The van der Waals surface area contributed by atoms with E-state index >= 15 is 0 Å². The number of nitrogens with zero attached hydrogens (tertiary/aromatic N) is 1. The normalized spacial score (nSPS) is 22.7. The van der Waals surface area contributed by atoms with Crippen LogP contribution in [0.25, 0.3) is 0 Å². The molecule has 1 aromatic heterocycles. The van der Waals surface area contributed by atoms with Gasteiger partial charge in [-0.2, -0.15) is 13.2 Å². The van der Waals surface area contributed by atoms with Crippen LogP contribution in [0.15, 0.2) is 18.5 Å². The highest BCUT2D eigenvalue weighted by Crippen LogP contribution is 2.37. The lowest BCUT2D eigenvalue weighted by molar-refractivity contribution is -0.183. The second-order valence-electron chi connectivity index (χ2n) is 5.39. The van der Waals surface area contributed by atoms with Crippen LogP contribution in [0.3, 0.4) is 0 Å². The van der Waals surface area contributed by atoms with Crippen molar-refractivity contribution >= 4 is 11.7 Å². The maximum atomic E-state index is 12.7. The Morgan fingerprint density at radius 2 is 2.14 bits per heavy atom. The van der Waals surface area contributed by atoms with Crippen molar-refractivity contribution < 1.29 is 18.0 Å². The number of hydrogen-bond acceptors (Lipinski definition) is 2. The number of carbonyl (C=O) groups excluding carboxylic acids is 1. The van der Waals surface area contributed by atoms with Gasteiger partial charge >= 0.3 is 12.2 Å². The van der Waals surface area contributed by atoms with Crippen LogP contribution in [-0.4, -0.2) is 23.2 Å². The molecule has 2 amide bonds. The topological polar surface area (TPSA) is 54.0 Å². The van der Waals surface area contributed by atoms with Crippen LogP contribution in [0.5, 0.6) is 0 Å². The Morgan fingerprint density at radius 1 is 1.38 bits per heavy atom. The molecule has 0 spiro atoms. The van der Waals surface area contributed by atoms with Gasteiger partial charge in [0.15, 0.2) is 0 Å². The molecular formula is C14H18F3N3O. The molecule has 2 N–H and O–H groups in total. The molecule has 2 atom stereocenters. The van der Waals surface area contributed by atoms with Crippen molar-refractivity contribution in [2.75, 3.05) is 5.32 Å². The first-order valence-electron chi connectivity index (χ1n) is 6.91. The highest BCUT2D eigenvalue weighted by Gasteiger charge is 2.42. The third kappa shape index (κ3) is 4.34. The minimum Gasteiger partial charge on any atom is -0.335 e. The van der Waals surface area contributed by atoms with Gasteiger partial charge in [-0.05, 0) is 37.8 Å². The molecule has 1 heterocycles. The Labute approximate surface area is 121 Å². The van der Waals surface area contributed by atoms with Crippen LogP contribution in [-0.2, 0) is 0 Å². The van der Waals surface area contributed by atoms with Gasteiger partial charge in [-0.25, -0.2) is 4.79 Å². The quantitative estimate of drug-likeness (QED) is 0.876. The molecule has 7 heteroatoms. The number of amides is 2. The number of nitrogens with one attached hydrogen (secondary N) is 2. The number of carbonyl (C=O) groups is 1. The molecule has 0 saturated heterocycles. The Morgan fingerprint density at radius 3 is 2.81 bits per heavy atom. The fourth-order valence-electron chi connectivity index (χ4n) is 2.58. The van der Waals surface area contributed by atoms with Gasteiger partial charge < -0.3 is 10.6 Å². The molecule has 1 aliphatic rings. The third-order valence-electron chi connectivity index (χ3n) is 3.74. The average Bonchev–Trinajstić information content (AvgIpc) is 2.41. The predicted molar refractivity (Wildman–Crippen MR) is 72.9 cm³/mol. The minimum absolute atomic E-state index is 0.0494. The van der Waals surface area contributed by atoms with Crippen LogP contribution in [0, 0.1) is 12.8 Å². The summed E-state index contributed by atoms with van der Waals surface area (Å²) in [5, 5.41) is 5.27. The van der Waals surface area contributed by atoms with E-state index in [1.165, 1.54) is 0 Å². The monoisotopic (exact) mass is 301 g/mol. The summed E-state index contributed by atoms with van der Waals surface area (Å²) in [6, 6.07) is 0.735. The molecule has 0 unspecified atom stereocenters. The van der Waals surface area contributed by atoms with Crippen molar-refractivity contribution in [1.82, 2.24) is 10.3 Å². The third-order valence-corrected chi connectivity index (χ3v) is 3.74. The van der Waals surface area contributed by atoms with Crippen LogP contribution >= 0.6 is 0 Å². The van der Waals surface area contributed by atoms with Gasteiger partial charge in [-0.15, -0.1) is 0 Å². The first-order chi connectivity index (χ1) is 9.86. The molecular weight excluding hydrogens is 283 g/mol. The van der Waals surface area contributed by atoms with E-state index in [2.05, 4.69) is 15.6 Å². The van der Waals surface area contributed by atoms with E-state index in [0.717, 1.165) is 5.56 Å². The number of pyridine rings is 1. The molecule has 4 nitrogen and oxygen atoms in total. The number of alkyl halides is 3. The molecule has 21 heavy (non-hydrogen) atoms. The Balaban J connectivity index is 1.89. The van der Waals surface area contributed by atoms with E-state index in [4.69, 9.17) is 0 Å². The molecule has 0 radical (unpaired) electrons. The van der Waals surface area contributed by atoms with Gasteiger partial charge in [-0.1, -0.05) is 6.42 Å². The van der Waals surface area contributed by atoms with E-state index in [1.807, 2.05) is 0 Å². The van der Waals surface area contributed by atoms with Crippen LogP contribution in [0.1, 0.15) is 31.2 Å². The number of aryl methyl sites for hydroxylation is 1.